The fourth-order valence-electron chi connectivity index (χ4n) is 5.11. The third-order valence-electron chi connectivity index (χ3n) is 7.22. The lowest BCUT2D eigenvalue weighted by Gasteiger charge is -2.33. The zero-order valence-corrected chi connectivity index (χ0v) is 22.2. The van der Waals surface area contributed by atoms with Gasteiger partial charge in [-0.15, -0.1) is 0 Å². The van der Waals surface area contributed by atoms with E-state index in [-0.39, 0.29) is 0 Å². The van der Waals surface area contributed by atoms with E-state index in [1.165, 1.54) is 128 Å². The first-order valence-electron chi connectivity index (χ1n) is 14.6. The van der Waals surface area contributed by atoms with Crippen LogP contribution in [0.4, 0.5) is 0 Å². The Morgan fingerprint density at radius 2 is 0.879 bits per heavy atom. The molecule has 1 atom stereocenters. The number of unbranched alkanes of at least 4 members (excludes halogenated alkanes) is 16. The highest BCUT2D eigenvalue weighted by Gasteiger charge is 2.26. The largest absolute Gasteiger partial charge is 0.352 e. The Kier molecular flexibility index (Phi) is 15.9. The zero-order valence-electron chi connectivity index (χ0n) is 22.2. The summed E-state index contributed by atoms with van der Waals surface area (Å²) < 4.78 is 0. The van der Waals surface area contributed by atoms with Gasteiger partial charge in [0.25, 0.3) is 0 Å². The third-order valence-corrected chi connectivity index (χ3v) is 7.22. The second-order valence-electron chi connectivity index (χ2n) is 10.2. The molecule has 1 aromatic rings. The van der Waals surface area contributed by atoms with Gasteiger partial charge in [-0.3, -0.25) is 0 Å². The normalized spacial score (nSPS) is 15.6. The minimum Gasteiger partial charge on any atom is -0.352 e. The molecule has 1 aliphatic heterocycles. The van der Waals surface area contributed by atoms with Crippen molar-refractivity contribution in [3.8, 4) is 0 Å². The predicted octanol–water partition coefficient (Wildman–Crippen LogP) is 9.84. The van der Waals surface area contributed by atoms with Crippen LogP contribution in [0.5, 0.6) is 0 Å². The van der Waals surface area contributed by atoms with Crippen LogP contribution >= 0.6 is 0 Å². The third kappa shape index (κ3) is 12.0. The Balaban J connectivity index is 1.47. The molecule has 0 aromatic heterocycles. The van der Waals surface area contributed by atoms with E-state index in [9.17, 15) is 0 Å². The molecule has 0 radical (unpaired) electrons. The fraction of sp³-hybridized carbons (Fsp3) is 0.742. The van der Waals surface area contributed by atoms with Crippen LogP contribution in [0, 0.1) is 0 Å². The monoisotopic (exact) mass is 454 g/mol. The predicted molar refractivity (Wildman–Crippen MR) is 146 cm³/mol. The van der Waals surface area contributed by atoms with Crippen molar-refractivity contribution >= 4 is 0 Å². The van der Waals surface area contributed by atoms with Crippen LogP contribution in [0.3, 0.4) is 0 Å². The topological polar surface area (TPSA) is 6.48 Å². The molecule has 1 aromatic carbocycles. The lowest BCUT2D eigenvalue weighted by atomic mass is 10.0. The summed E-state index contributed by atoms with van der Waals surface area (Å²) >= 11 is 0. The molecule has 0 bridgehead atoms. The average Bonchev–Trinajstić information content (AvgIpc) is 3.25. The van der Waals surface area contributed by atoms with Crippen LogP contribution in [0.1, 0.15) is 141 Å². The summed E-state index contributed by atoms with van der Waals surface area (Å²) in [5.74, 6) is 0. The maximum Gasteiger partial charge on any atom is 0.127 e. The highest BCUT2D eigenvalue weighted by molar-refractivity contribution is 5.21. The van der Waals surface area contributed by atoms with Crippen molar-refractivity contribution < 1.29 is 0 Å². The molecule has 0 amide bonds. The number of benzene rings is 1. The van der Waals surface area contributed by atoms with E-state index < -0.39 is 0 Å². The van der Waals surface area contributed by atoms with Crippen LogP contribution < -0.4 is 0 Å². The summed E-state index contributed by atoms with van der Waals surface area (Å²) in [6.45, 7) is 6.92. The number of nitrogens with zero attached hydrogens (tertiary/aromatic N) is 2. The Bertz CT molecular complexity index is 582. The summed E-state index contributed by atoms with van der Waals surface area (Å²) in [5.41, 5.74) is 1.43. The van der Waals surface area contributed by atoms with Crippen LogP contribution in [0.25, 0.3) is 0 Å². The van der Waals surface area contributed by atoms with E-state index in [4.69, 9.17) is 0 Å². The van der Waals surface area contributed by atoms with Gasteiger partial charge >= 0.3 is 0 Å². The summed E-state index contributed by atoms with van der Waals surface area (Å²) in [6.07, 6.45) is 30.5. The Labute approximate surface area is 206 Å². The van der Waals surface area contributed by atoms with Crippen LogP contribution in [-0.4, -0.2) is 22.9 Å². The number of hydrogen-bond acceptors (Lipinski definition) is 2. The Hall–Kier alpha value is -1.44. The van der Waals surface area contributed by atoms with Crippen molar-refractivity contribution in [1.82, 2.24) is 9.80 Å². The number of rotatable bonds is 21. The van der Waals surface area contributed by atoms with E-state index in [1.54, 1.807) is 0 Å². The van der Waals surface area contributed by atoms with Gasteiger partial charge in [-0.25, -0.2) is 0 Å². The van der Waals surface area contributed by atoms with Crippen LogP contribution in [0.15, 0.2) is 42.7 Å². The van der Waals surface area contributed by atoms with E-state index in [0.717, 1.165) is 6.54 Å². The fourth-order valence-corrected chi connectivity index (χ4v) is 5.11. The van der Waals surface area contributed by atoms with Crippen molar-refractivity contribution in [2.75, 3.05) is 13.1 Å². The first-order valence-corrected chi connectivity index (χ1v) is 14.6. The minimum atomic E-state index is 0.397. The first kappa shape index (κ1) is 27.8. The highest BCUT2D eigenvalue weighted by Crippen LogP contribution is 2.31. The molecule has 1 heterocycles. The SMILES string of the molecule is CCCCCCCCCCCCCCCCCCN1C=CN(CCCC)C1c1ccccc1. The van der Waals surface area contributed by atoms with Gasteiger partial charge in [-0.05, 0) is 18.4 Å². The highest BCUT2D eigenvalue weighted by atomic mass is 15.4. The summed E-state index contributed by atoms with van der Waals surface area (Å²) in [7, 11) is 0. The molecule has 0 aliphatic carbocycles. The maximum absolute atomic E-state index is 2.56. The molecule has 2 heteroatoms. The lowest BCUT2D eigenvalue weighted by molar-refractivity contribution is 0.150. The second kappa shape index (κ2) is 18.9. The molecule has 2 nitrogen and oxygen atoms in total. The molecule has 33 heavy (non-hydrogen) atoms. The summed E-state index contributed by atoms with van der Waals surface area (Å²) in [6, 6.07) is 11.1. The molecule has 188 valence electrons. The zero-order chi connectivity index (χ0) is 23.4. The van der Waals surface area contributed by atoms with Gasteiger partial charge in [0.2, 0.25) is 0 Å². The van der Waals surface area contributed by atoms with Gasteiger partial charge in [0.1, 0.15) is 6.17 Å². The van der Waals surface area contributed by atoms with Crippen molar-refractivity contribution in [1.29, 1.82) is 0 Å². The number of hydrogen-bond donors (Lipinski definition) is 0. The van der Waals surface area contributed by atoms with Crippen molar-refractivity contribution in [3.63, 3.8) is 0 Å². The van der Waals surface area contributed by atoms with Crippen molar-refractivity contribution in [2.24, 2.45) is 0 Å². The molecule has 0 fully saturated rings. The Morgan fingerprint density at radius 1 is 0.485 bits per heavy atom. The molecular formula is C31H54N2. The molecular weight excluding hydrogens is 400 g/mol. The van der Waals surface area contributed by atoms with Gasteiger partial charge in [-0.2, -0.15) is 0 Å². The molecule has 1 aliphatic rings. The van der Waals surface area contributed by atoms with Gasteiger partial charge in [0.15, 0.2) is 0 Å². The summed E-state index contributed by atoms with van der Waals surface area (Å²) in [4.78, 5) is 5.10. The minimum absolute atomic E-state index is 0.397. The molecule has 1 unspecified atom stereocenters. The molecule has 0 saturated heterocycles. The van der Waals surface area contributed by atoms with Crippen LogP contribution in [-0.2, 0) is 0 Å². The average molecular weight is 455 g/mol. The molecule has 0 saturated carbocycles. The van der Waals surface area contributed by atoms with E-state index in [0.29, 0.717) is 6.17 Å². The smallest absolute Gasteiger partial charge is 0.127 e. The van der Waals surface area contributed by atoms with E-state index in [2.05, 4.69) is 66.4 Å². The lowest BCUT2D eigenvalue weighted by Crippen LogP contribution is -2.32. The van der Waals surface area contributed by atoms with E-state index >= 15 is 0 Å². The van der Waals surface area contributed by atoms with Crippen molar-refractivity contribution in [2.45, 2.75) is 136 Å². The van der Waals surface area contributed by atoms with Crippen LogP contribution in [0.2, 0.25) is 0 Å². The Morgan fingerprint density at radius 3 is 1.33 bits per heavy atom. The van der Waals surface area contributed by atoms with Crippen molar-refractivity contribution in [3.05, 3.63) is 48.3 Å². The first-order chi connectivity index (χ1) is 16.4. The molecule has 2 rings (SSSR count). The standard InChI is InChI=1S/C31H54N2/c1-3-5-7-8-9-10-11-12-13-14-15-16-17-18-19-23-27-33-29-28-32(26-6-4-2)31(33)30-24-21-20-22-25-30/h20-22,24-25,28-29,31H,3-19,23,26-27H2,1-2H3. The van der Waals surface area contributed by atoms with Gasteiger partial charge in [0.05, 0.1) is 0 Å². The molecule has 0 N–H and O–H groups in total. The van der Waals surface area contributed by atoms with Gasteiger partial charge in [-0.1, -0.05) is 147 Å². The molecule has 0 spiro atoms. The van der Waals surface area contributed by atoms with Gasteiger partial charge in [0, 0.05) is 25.5 Å². The maximum atomic E-state index is 2.56. The second-order valence-corrected chi connectivity index (χ2v) is 10.2. The van der Waals surface area contributed by atoms with E-state index in [1.807, 2.05) is 0 Å². The van der Waals surface area contributed by atoms with Gasteiger partial charge < -0.3 is 9.80 Å². The summed E-state index contributed by atoms with van der Waals surface area (Å²) in [5, 5.41) is 0. The quantitative estimate of drug-likeness (QED) is 0.170.